The number of nitrogens with zero attached hydrogens (tertiary/aromatic N) is 2. The van der Waals surface area contributed by atoms with Crippen molar-refractivity contribution in [3.63, 3.8) is 0 Å². The van der Waals surface area contributed by atoms with E-state index in [2.05, 4.69) is 4.98 Å². The van der Waals surface area contributed by atoms with Crippen molar-refractivity contribution in [1.82, 2.24) is 9.55 Å². The van der Waals surface area contributed by atoms with Crippen molar-refractivity contribution in [2.75, 3.05) is 0 Å². The van der Waals surface area contributed by atoms with Gasteiger partial charge in [0.1, 0.15) is 4.83 Å². The Morgan fingerprint density at radius 2 is 1.88 bits per heavy atom. The van der Waals surface area contributed by atoms with E-state index in [9.17, 15) is 22.0 Å². The molecule has 0 N–H and O–H groups in total. The first-order chi connectivity index (χ1) is 11.3. The fourth-order valence-corrected chi connectivity index (χ4v) is 4.35. The Labute approximate surface area is 143 Å². The van der Waals surface area contributed by atoms with Crippen LogP contribution in [0.2, 0.25) is 0 Å². The molecule has 0 aliphatic carbocycles. The molecule has 0 saturated carbocycles. The summed E-state index contributed by atoms with van der Waals surface area (Å²) in [5.41, 5.74) is -0.180. The molecule has 2 aromatic heterocycles. The SMILES string of the molecule is Cn1c(Sc2ccc(S(=O)(=O)C(F)F)cc2)nc2sccc2c1=O. The van der Waals surface area contributed by atoms with Gasteiger partial charge in [-0.1, -0.05) is 11.8 Å². The van der Waals surface area contributed by atoms with Gasteiger partial charge < -0.3 is 0 Å². The third-order valence-corrected chi connectivity index (χ3v) is 6.52. The fraction of sp³-hybridized carbons (Fsp3) is 0.143. The van der Waals surface area contributed by atoms with Crippen LogP contribution >= 0.6 is 23.1 Å². The molecule has 0 aliphatic heterocycles. The van der Waals surface area contributed by atoms with Gasteiger partial charge in [-0.2, -0.15) is 8.78 Å². The van der Waals surface area contributed by atoms with Crippen LogP contribution < -0.4 is 5.56 Å². The monoisotopic (exact) mass is 388 g/mol. The summed E-state index contributed by atoms with van der Waals surface area (Å²) in [6, 6.07) is 6.75. The lowest BCUT2D eigenvalue weighted by molar-refractivity contribution is 0.234. The van der Waals surface area contributed by atoms with E-state index in [0.29, 0.717) is 20.3 Å². The number of rotatable bonds is 4. The summed E-state index contributed by atoms with van der Waals surface area (Å²) >= 11 is 2.49. The normalized spacial score (nSPS) is 12.2. The van der Waals surface area contributed by atoms with Gasteiger partial charge in [0.2, 0.25) is 9.84 Å². The molecular weight excluding hydrogens is 378 g/mol. The summed E-state index contributed by atoms with van der Waals surface area (Å²) in [7, 11) is -3.03. The van der Waals surface area contributed by atoms with Gasteiger partial charge in [-0.15, -0.1) is 11.3 Å². The minimum atomic E-state index is -4.61. The van der Waals surface area contributed by atoms with E-state index < -0.39 is 20.5 Å². The summed E-state index contributed by atoms with van der Waals surface area (Å²) in [5, 5.41) is 2.74. The van der Waals surface area contributed by atoms with E-state index in [0.717, 1.165) is 23.9 Å². The first-order valence-electron chi connectivity index (χ1n) is 6.55. The van der Waals surface area contributed by atoms with Crippen LogP contribution in [0.3, 0.4) is 0 Å². The molecule has 0 aliphatic rings. The van der Waals surface area contributed by atoms with Crippen molar-refractivity contribution in [3.05, 3.63) is 46.1 Å². The summed E-state index contributed by atoms with van der Waals surface area (Å²) in [6.07, 6.45) is 0. The van der Waals surface area contributed by atoms with Crippen LogP contribution in [0, 0.1) is 0 Å². The molecule has 10 heteroatoms. The smallest absolute Gasteiger partial charge is 0.290 e. The van der Waals surface area contributed by atoms with E-state index in [4.69, 9.17) is 0 Å². The average Bonchev–Trinajstić information content (AvgIpc) is 3.01. The average molecular weight is 388 g/mol. The first kappa shape index (κ1) is 17.1. The molecule has 0 fully saturated rings. The minimum Gasteiger partial charge on any atom is -0.290 e. The molecule has 0 amide bonds. The number of halogens is 2. The maximum atomic E-state index is 12.5. The Bertz CT molecular complexity index is 1060. The van der Waals surface area contributed by atoms with Gasteiger partial charge in [-0.25, -0.2) is 13.4 Å². The molecule has 3 rings (SSSR count). The largest absolute Gasteiger partial charge is 0.341 e. The lowest BCUT2D eigenvalue weighted by Gasteiger charge is -2.08. The summed E-state index contributed by atoms with van der Waals surface area (Å²) < 4.78 is 49.2. The van der Waals surface area contributed by atoms with E-state index in [1.54, 1.807) is 18.5 Å². The number of hydrogen-bond acceptors (Lipinski definition) is 6. The summed E-state index contributed by atoms with van der Waals surface area (Å²) in [6.45, 7) is 0. The topological polar surface area (TPSA) is 69.0 Å². The van der Waals surface area contributed by atoms with Crippen molar-refractivity contribution in [2.24, 2.45) is 7.05 Å². The second-order valence-electron chi connectivity index (χ2n) is 4.78. The molecule has 0 atom stereocenters. The highest BCUT2D eigenvalue weighted by molar-refractivity contribution is 7.99. The van der Waals surface area contributed by atoms with Crippen LogP contribution in [-0.4, -0.2) is 23.7 Å². The molecule has 0 unspecified atom stereocenters. The van der Waals surface area contributed by atoms with E-state index >= 15 is 0 Å². The van der Waals surface area contributed by atoms with E-state index in [1.165, 1.54) is 28.0 Å². The molecule has 126 valence electrons. The standard InChI is InChI=1S/C14H10F2N2O3S3/c1-18-12(19)10-6-7-22-11(10)17-14(18)23-8-2-4-9(5-3-8)24(20,21)13(15)16/h2-7,13H,1H3. The number of thiophene rings is 1. The van der Waals surface area contributed by atoms with E-state index in [1.807, 2.05) is 0 Å². The van der Waals surface area contributed by atoms with Gasteiger partial charge in [-0.3, -0.25) is 9.36 Å². The van der Waals surface area contributed by atoms with Crippen LogP contribution in [0.15, 0.2) is 55.5 Å². The number of sulfone groups is 1. The quantitative estimate of drug-likeness (QED) is 0.642. The van der Waals surface area contributed by atoms with Crippen LogP contribution in [-0.2, 0) is 16.9 Å². The fourth-order valence-electron chi connectivity index (χ4n) is 1.98. The predicted molar refractivity (Wildman–Crippen MR) is 88.6 cm³/mol. The van der Waals surface area contributed by atoms with Gasteiger partial charge in [0.05, 0.1) is 10.3 Å². The lowest BCUT2D eigenvalue weighted by Crippen LogP contribution is -2.19. The van der Waals surface area contributed by atoms with Gasteiger partial charge in [-0.05, 0) is 35.7 Å². The third-order valence-electron chi connectivity index (χ3n) is 3.26. The Kier molecular flexibility index (Phi) is 4.45. The number of benzene rings is 1. The molecule has 0 saturated heterocycles. The van der Waals surface area contributed by atoms with Crippen LogP contribution in [0.25, 0.3) is 10.2 Å². The number of alkyl halides is 2. The maximum absolute atomic E-state index is 12.5. The maximum Gasteiger partial charge on any atom is 0.341 e. The van der Waals surface area contributed by atoms with E-state index in [-0.39, 0.29) is 5.56 Å². The molecule has 2 heterocycles. The highest BCUT2D eigenvalue weighted by Gasteiger charge is 2.26. The number of aromatic nitrogens is 2. The zero-order valence-corrected chi connectivity index (χ0v) is 14.6. The van der Waals surface area contributed by atoms with Crippen LogP contribution in [0.1, 0.15) is 0 Å². The molecule has 24 heavy (non-hydrogen) atoms. The molecule has 0 spiro atoms. The second-order valence-corrected chi connectivity index (χ2v) is 8.63. The summed E-state index contributed by atoms with van der Waals surface area (Å²) in [4.78, 5) is 17.4. The van der Waals surface area contributed by atoms with Gasteiger partial charge >= 0.3 is 5.76 Å². The summed E-state index contributed by atoms with van der Waals surface area (Å²) in [5.74, 6) is -3.46. The Balaban J connectivity index is 1.95. The predicted octanol–water partition coefficient (Wildman–Crippen LogP) is 3.14. The van der Waals surface area contributed by atoms with Crippen molar-refractivity contribution < 1.29 is 17.2 Å². The third kappa shape index (κ3) is 2.96. The number of fused-ring (bicyclic) bond motifs is 1. The first-order valence-corrected chi connectivity index (χ1v) is 9.79. The zero-order chi connectivity index (χ0) is 17.5. The van der Waals surface area contributed by atoms with Gasteiger partial charge in [0.15, 0.2) is 5.16 Å². The zero-order valence-electron chi connectivity index (χ0n) is 12.1. The van der Waals surface area contributed by atoms with Gasteiger partial charge in [0, 0.05) is 11.9 Å². The van der Waals surface area contributed by atoms with Crippen molar-refractivity contribution in [2.45, 2.75) is 20.7 Å². The molecular formula is C14H10F2N2O3S3. The lowest BCUT2D eigenvalue weighted by atomic mass is 10.4. The van der Waals surface area contributed by atoms with Crippen molar-refractivity contribution in [1.29, 1.82) is 0 Å². The van der Waals surface area contributed by atoms with Crippen LogP contribution in [0.4, 0.5) is 8.78 Å². The Morgan fingerprint density at radius 3 is 2.50 bits per heavy atom. The van der Waals surface area contributed by atoms with Crippen molar-refractivity contribution >= 4 is 43.2 Å². The molecule has 0 bridgehead atoms. The van der Waals surface area contributed by atoms with Crippen LogP contribution in [0.5, 0.6) is 0 Å². The molecule has 1 aromatic carbocycles. The molecule has 0 radical (unpaired) electrons. The molecule has 5 nitrogen and oxygen atoms in total. The Morgan fingerprint density at radius 1 is 1.21 bits per heavy atom. The minimum absolute atomic E-state index is 0.180. The van der Waals surface area contributed by atoms with Gasteiger partial charge in [0.25, 0.3) is 5.56 Å². The molecule has 3 aromatic rings. The number of hydrogen-bond donors (Lipinski definition) is 0. The highest BCUT2D eigenvalue weighted by atomic mass is 32.2. The van der Waals surface area contributed by atoms with Crippen molar-refractivity contribution in [3.8, 4) is 0 Å². The highest BCUT2D eigenvalue weighted by Crippen LogP contribution is 2.29. The Hall–Kier alpha value is -1.78. The second kappa shape index (κ2) is 6.26.